The van der Waals surface area contributed by atoms with Crippen molar-refractivity contribution < 1.29 is 18.1 Å². The molecule has 0 aliphatic carbocycles. The summed E-state index contributed by atoms with van der Waals surface area (Å²) in [6.07, 6.45) is 0. The van der Waals surface area contributed by atoms with Crippen LogP contribution in [0.4, 0.5) is 11.4 Å². The number of nitro benzene ring substituents is 1. The van der Waals surface area contributed by atoms with Crippen molar-refractivity contribution in [2.45, 2.75) is 4.90 Å². The summed E-state index contributed by atoms with van der Waals surface area (Å²) in [5.41, 5.74) is 0.868. The average Bonchev–Trinajstić information content (AvgIpc) is 2.74. The Labute approximate surface area is 179 Å². The van der Waals surface area contributed by atoms with Crippen LogP contribution in [0.2, 0.25) is 5.02 Å². The molecule has 0 radical (unpaired) electrons. The van der Waals surface area contributed by atoms with Crippen molar-refractivity contribution in [3.8, 4) is 0 Å². The van der Waals surface area contributed by atoms with Crippen LogP contribution in [0.15, 0.2) is 53.4 Å². The number of rotatable bonds is 6. The first-order valence-corrected chi connectivity index (χ1v) is 11.0. The van der Waals surface area contributed by atoms with Crippen molar-refractivity contribution in [1.29, 1.82) is 0 Å². The number of carbonyl (C=O) groups is 1. The molecule has 0 unspecified atom stereocenters. The fraction of sp³-hybridized carbons (Fsp3) is 0.316. The Morgan fingerprint density at radius 3 is 2.17 bits per heavy atom. The molecular weight excluding hydrogens is 432 g/mol. The van der Waals surface area contributed by atoms with Crippen molar-refractivity contribution in [2.24, 2.45) is 0 Å². The van der Waals surface area contributed by atoms with Crippen LogP contribution >= 0.6 is 11.6 Å². The predicted octanol–water partition coefficient (Wildman–Crippen LogP) is 2.22. The van der Waals surface area contributed by atoms with E-state index in [2.05, 4.69) is 0 Å². The van der Waals surface area contributed by atoms with Crippen LogP contribution in [0.1, 0.15) is 0 Å². The third kappa shape index (κ3) is 4.89. The smallest absolute Gasteiger partial charge is 0.269 e. The number of hydrogen-bond donors (Lipinski definition) is 0. The van der Waals surface area contributed by atoms with Gasteiger partial charge in [0.15, 0.2) is 0 Å². The van der Waals surface area contributed by atoms with E-state index in [9.17, 15) is 23.3 Å². The Balaban J connectivity index is 1.57. The van der Waals surface area contributed by atoms with Gasteiger partial charge >= 0.3 is 0 Å². The number of nitro groups is 1. The lowest BCUT2D eigenvalue weighted by Gasteiger charge is -2.36. The van der Waals surface area contributed by atoms with Gasteiger partial charge in [-0.3, -0.25) is 14.9 Å². The van der Waals surface area contributed by atoms with Crippen molar-refractivity contribution in [1.82, 2.24) is 9.21 Å². The highest BCUT2D eigenvalue weighted by Crippen LogP contribution is 2.21. The molecule has 160 valence electrons. The molecular formula is C19H21ClN4O5S. The molecule has 0 spiro atoms. The Morgan fingerprint density at radius 1 is 1.07 bits per heavy atom. The largest absolute Gasteiger partial charge is 0.368 e. The quantitative estimate of drug-likeness (QED) is 0.491. The number of carbonyl (C=O) groups excluding carboxylic acids is 1. The summed E-state index contributed by atoms with van der Waals surface area (Å²) in [4.78, 5) is 26.6. The third-order valence-electron chi connectivity index (χ3n) is 4.94. The molecule has 0 atom stereocenters. The molecule has 1 aliphatic heterocycles. The van der Waals surface area contributed by atoms with Crippen LogP contribution in [0, 0.1) is 10.1 Å². The summed E-state index contributed by atoms with van der Waals surface area (Å²) in [6.45, 7) is 1.71. The summed E-state index contributed by atoms with van der Waals surface area (Å²) in [5, 5.41) is 11.2. The van der Waals surface area contributed by atoms with Gasteiger partial charge < -0.3 is 9.80 Å². The summed E-state index contributed by atoms with van der Waals surface area (Å²) >= 11 is 5.80. The second kappa shape index (κ2) is 8.99. The van der Waals surface area contributed by atoms with Gasteiger partial charge in [0.2, 0.25) is 15.9 Å². The van der Waals surface area contributed by atoms with Crippen LogP contribution < -0.4 is 4.90 Å². The van der Waals surface area contributed by atoms with Crippen LogP contribution in [0.25, 0.3) is 0 Å². The van der Waals surface area contributed by atoms with Gasteiger partial charge in [0.05, 0.1) is 16.4 Å². The second-order valence-corrected chi connectivity index (χ2v) is 9.34. The number of benzene rings is 2. The zero-order valence-electron chi connectivity index (χ0n) is 16.3. The highest BCUT2D eigenvalue weighted by atomic mass is 35.5. The first-order chi connectivity index (χ1) is 14.2. The Bertz CT molecular complexity index is 1020. The van der Waals surface area contributed by atoms with E-state index >= 15 is 0 Å². The van der Waals surface area contributed by atoms with Gasteiger partial charge in [-0.2, -0.15) is 4.31 Å². The standard InChI is InChI=1S/C19H21ClN4O5S/c1-21(30(28,29)18-8-2-15(20)3-9-18)14-19(25)23-12-10-22(11-13-23)16-4-6-17(7-5-16)24(26)27/h2-9H,10-14H2,1H3. The maximum Gasteiger partial charge on any atom is 0.269 e. The molecule has 1 fully saturated rings. The maximum absolute atomic E-state index is 12.6. The lowest BCUT2D eigenvalue weighted by atomic mass is 10.2. The summed E-state index contributed by atoms with van der Waals surface area (Å²) in [7, 11) is -2.42. The molecule has 0 aromatic heterocycles. The Hall–Kier alpha value is -2.69. The van der Waals surface area contributed by atoms with Gasteiger partial charge in [0, 0.05) is 56.1 Å². The van der Waals surface area contributed by atoms with Crippen LogP contribution in [0.3, 0.4) is 0 Å². The van der Waals surface area contributed by atoms with E-state index < -0.39 is 14.9 Å². The minimum Gasteiger partial charge on any atom is -0.368 e. The maximum atomic E-state index is 12.6. The number of anilines is 1. The topological polar surface area (TPSA) is 104 Å². The number of likely N-dealkylation sites (N-methyl/N-ethyl adjacent to an activating group) is 1. The molecule has 1 amide bonds. The molecule has 1 aliphatic rings. The summed E-state index contributed by atoms with van der Waals surface area (Å²) in [6, 6.07) is 12.0. The third-order valence-corrected chi connectivity index (χ3v) is 7.01. The zero-order chi connectivity index (χ0) is 21.9. The fourth-order valence-corrected chi connectivity index (χ4v) is 4.41. The first kappa shape index (κ1) is 22.0. The molecule has 0 saturated carbocycles. The van der Waals surface area contributed by atoms with Gasteiger partial charge in [0.25, 0.3) is 5.69 Å². The molecule has 2 aromatic carbocycles. The van der Waals surface area contributed by atoms with Crippen LogP contribution in [-0.4, -0.2) is 68.2 Å². The molecule has 0 bridgehead atoms. The summed E-state index contributed by atoms with van der Waals surface area (Å²) in [5.74, 6) is -0.279. The number of sulfonamides is 1. The van der Waals surface area contributed by atoms with Gasteiger partial charge in [-0.1, -0.05) is 11.6 Å². The van der Waals surface area contributed by atoms with Gasteiger partial charge in [-0.15, -0.1) is 0 Å². The molecule has 9 nitrogen and oxygen atoms in total. The first-order valence-electron chi connectivity index (χ1n) is 9.17. The van der Waals surface area contributed by atoms with E-state index in [1.807, 2.05) is 4.90 Å². The lowest BCUT2D eigenvalue weighted by molar-refractivity contribution is -0.384. The average molecular weight is 453 g/mol. The van der Waals surface area contributed by atoms with Crippen LogP contribution in [0.5, 0.6) is 0 Å². The minimum absolute atomic E-state index is 0.0255. The van der Waals surface area contributed by atoms with E-state index in [4.69, 9.17) is 11.6 Å². The number of nitrogens with zero attached hydrogens (tertiary/aromatic N) is 4. The SMILES string of the molecule is CN(CC(=O)N1CCN(c2ccc([N+](=O)[O-])cc2)CC1)S(=O)(=O)c1ccc(Cl)cc1. The van der Waals surface area contributed by atoms with E-state index in [0.29, 0.717) is 31.2 Å². The van der Waals surface area contributed by atoms with E-state index in [1.165, 1.54) is 43.4 Å². The molecule has 1 heterocycles. The Morgan fingerprint density at radius 2 is 1.63 bits per heavy atom. The lowest BCUT2D eigenvalue weighted by Crippen LogP contribution is -2.51. The fourth-order valence-electron chi connectivity index (χ4n) is 3.16. The van der Waals surface area contributed by atoms with Crippen molar-refractivity contribution in [3.05, 3.63) is 63.7 Å². The van der Waals surface area contributed by atoms with Gasteiger partial charge in [-0.25, -0.2) is 8.42 Å². The van der Waals surface area contributed by atoms with Crippen LogP contribution in [-0.2, 0) is 14.8 Å². The zero-order valence-corrected chi connectivity index (χ0v) is 17.8. The number of hydrogen-bond acceptors (Lipinski definition) is 6. The molecule has 2 aromatic rings. The molecule has 11 heteroatoms. The minimum atomic E-state index is -3.79. The van der Waals surface area contributed by atoms with E-state index in [0.717, 1.165) is 9.99 Å². The number of halogens is 1. The highest BCUT2D eigenvalue weighted by Gasteiger charge is 2.27. The normalized spacial score (nSPS) is 14.8. The number of piperazine rings is 1. The van der Waals surface area contributed by atoms with Gasteiger partial charge in [-0.05, 0) is 36.4 Å². The molecule has 1 saturated heterocycles. The monoisotopic (exact) mass is 452 g/mol. The van der Waals surface area contributed by atoms with Crippen molar-refractivity contribution in [2.75, 3.05) is 44.7 Å². The van der Waals surface area contributed by atoms with E-state index in [1.54, 1.807) is 17.0 Å². The molecule has 3 rings (SSSR count). The predicted molar refractivity (Wildman–Crippen MR) is 113 cm³/mol. The highest BCUT2D eigenvalue weighted by molar-refractivity contribution is 7.89. The number of non-ortho nitro benzene ring substituents is 1. The van der Waals surface area contributed by atoms with Crippen molar-refractivity contribution >= 4 is 38.9 Å². The molecule has 0 N–H and O–H groups in total. The Kier molecular flexibility index (Phi) is 6.59. The van der Waals surface area contributed by atoms with Crippen molar-refractivity contribution in [3.63, 3.8) is 0 Å². The second-order valence-electron chi connectivity index (χ2n) is 6.86. The number of amides is 1. The van der Waals surface area contributed by atoms with E-state index in [-0.39, 0.29) is 23.0 Å². The molecule has 30 heavy (non-hydrogen) atoms. The summed E-state index contributed by atoms with van der Waals surface area (Å²) < 4.78 is 26.3. The van der Waals surface area contributed by atoms with Gasteiger partial charge in [0.1, 0.15) is 0 Å².